The van der Waals surface area contributed by atoms with Gasteiger partial charge in [-0.15, -0.1) is 10.2 Å². The molecule has 1 aromatic carbocycles. The smallest absolute Gasteiger partial charge is 0.224 e. The van der Waals surface area contributed by atoms with Crippen LogP contribution in [0.3, 0.4) is 0 Å². The van der Waals surface area contributed by atoms with Gasteiger partial charge in [0, 0.05) is 24.7 Å². The minimum absolute atomic E-state index is 0.0683. The number of hydrogen-bond acceptors (Lipinski definition) is 4. The minimum atomic E-state index is 0.0683. The molecular formula is C15H19N5O. The van der Waals surface area contributed by atoms with Crippen molar-refractivity contribution in [2.75, 3.05) is 18.4 Å². The lowest BCUT2D eigenvalue weighted by atomic mass is 10.0. The number of carbonyl (C=O) groups excluding carboxylic acids is 1. The zero-order valence-electron chi connectivity index (χ0n) is 12.0. The average Bonchev–Trinajstić information content (AvgIpc) is 3.10. The Morgan fingerprint density at radius 1 is 1.52 bits per heavy atom. The number of aromatic nitrogens is 3. The van der Waals surface area contributed by atoms with Crippen LogP contribution in [0.1, 0.15) is 12.8 Å². The minimum Gasteiger partial charge on any atom is -0.326 e. The van der Waals surface area contributed by atoms with Gasteiger partial charge >= 0.3 is 0 Å². The molecule has 1 saturated heterocycles. The highest BCUT2D eigenvalue weighted by Gasteiger charge is 2.18. The fraction of sp³-hybridized carbons (Fsp3) is 0.400. The van der Waals surface area contributed by atoms with E-state index in [4.69, 9.17) is 0 Å². The maximum atomic E-state index is 12.1. The third-order valence-corrected chi connectivity index (χ3v) is 3.75. The van der Waals surface area contributed by atoms with Crippen LogP contribution in [0.4, 0.5) is 5.69 Å². The first-order chi connectivity index (χ1) is 10.2. The van der Waals surface area contributed by atoms with Crippen molar-refractivity contribution in [3.05, 3.63) is 30.6 Å². The summed E-state index contributed by atoms with van der Waals surface area (Å²) in [6.45, 7) is 1.95. The average molecular weight is 285 g/mol. The molecule has 2 N–H and O–H groups in total. The molecule has 1 aliphatic rings. The van der Waals surface area contributed by atoms with Gasteiger partial charge in [-0.2, -0.15) is 0 Å². The van der Waals surface area contributed by atoms with Gasteiger partial charge in [0.25, 0.3) is 0 Å². The van der Waals surface area contributed by atoms with E-state index in [-0.39, 0.29) is 5.91 Å². The second-order valence-electron chi connectivity index (χ2n) is 5.46. The Labute approximate surface area is 123 Å². The van der Waals surface area contributed by atoms with E-state index < -0.39 is 0 Å². The Morgan fingerprint density at radius 2 is 2.43 bits per heavy atom. The molecule has 6 heteroatoms. The summed E-state index contributed by atoms with van der Waals surface area (Å²) in [7, 11) is 1.90. The molecule has 1 unspecified atom stereocenters. The summed E-state index contributed by atoms with van der Waals surface area (Å²) in [4.78, 5) is 12.1. The number of aryl methyl sites for hydroxylation is 1. The molecule has 1 aliphatic heterocycles. The second-order valence-corrected chi connectivity index (χ2v) is 5.46. The van der Waals surface area contributed by atoms with Crippen LogP contribution >= 0.6 is 0 Å². The number of amides is 1. The van der Waals surface area contributed by atoms with Crippen molar-refractivity contribution in [1.82, 2.24) is 20.1 Å². The summed E-state index contributed by atoms with van der Waals surface area (Å²) < 4.78 is 1.85. The summed E-state index contributed by atoms with van der Waals surface area (Å²) in [6.07, 6.45) is 3.31. The Morgan fingerprint density at radius 3 is 3.14 bits per heavy atom. The van der Waals surface area contributed by atoms with E-state index in [1.807, 2.05) is 35.9 Å². The van der Waals surface area contributed by atoms with Crippen LogP contribution in [0, 0.1) is 5.92 Å². The van der Waals surface area contributed by atoms with E-state index in [0.29, 0.717) is 12.3 Å². The van der Waals surface area contributed by atoms with Gasteiger partial charge in [-0.3, -0.25) is 4.79 Å². The molecule has 1 amide bonds. The molecular weight excluding hydrogens is 266 g/mol. The molecule has 0 saturated carbocycles. The third kappa shape index (κ3) is 3.28. The molecule has 0 aliphatic carbocycles. The van der Waals surface area contributed by atoms with Crippen molar-refractivity contribution in [2.24, 2.45) is 13.0 Å². The number of benzene rings is 1. The van der Waals surface area contributed by atoms with Crippen molar-refractivity contribution in [3.8, 4) is 11.4 Å². The standard InChI is InChI=1S/C15H19N5O/c1-20-10-17-19-15(20)12-3-2-4-13(8-12)18-14(21)7-11-5-6-16-9-11/h2-4,8,10-11,16H,5-7,9H2,1H3,(H,18,21). The Kier molecular flexibility index (Phi) is 3.96. The summed E-state index contributed by atoms with van der Waals surface area (Å²) in [5, 5.41) is 14.2. The predicted molar refractivity (Wildman–Crippen MR) is 80.7 cm³/mol. The molecule has 2 heterocycles. The van der Waals surface area contributed by atoms with Crippen LogP contribution in [0.15, 0.2) is 30.6 Å². The molecule has 0 bridgehead atoms. The fourth-order valence-corrected chi connectivity index (χ4v) is 2.64. The lowest BCUT2D eigenvalue weighted by molar-refractivity contribution is -0.116. The van der Waals surface area contributed by atoms with Crippen molar-refractivity contribution >= 4 is 11.6 Å². The van der Waals surface area contributed by atoms with Gasteiger partial charge in [-0.1, -0.05) is 12.1 Å². The van der Waals surface area contributed by atoms with Gasteiger partial charge in [0.05, 0.1) is 0 Å². The highest BCUT2D eigenvalue weighted by molar-refractivity contribution is 5.91. The molecule has 1 atom stereocenters. The van der Waals surface area contributed by atoms with Gasteiger partial charge in [-0.05, 0) is 37.6 Å². The van der Waals surface area contributed by atoms with Crippen LogP contribution in [0.2, 0.25) is 0 Å². The van der Waals surface area contributed by atoms with Gasteiger partial charge < -0.3 is 15.2 Å². The maximum absolute atomic E-state index is 12.1. The number of rotatable bonds is 4. The highest BCUT2D eigenvalue weighted by Crippen LogP contribution is 2.21. The lowest BCUT2D eigenvalue weighted by Crippen LogP contribution is -2.18. The molecule has 1 aromatic heterocycles. The summed E-state index contributed by atoms with van der Waals surface area (Å²) in [5.41, 5.74) is 1.74. The molecule has 0 spiro atoms. The van der Waals surface area contributed by atoms with Crippen molar-refractivity contribution in [1.29, 1.82) is 0 Å². The molecule has 2 aromatic rings. The van der Waals surface area contributed by atoms with E-state index in [1.165, 1.54) is 0 Å². The Bertz CT molecular complexity index is 630. The van der Waals surface area contributed by atoms with Crippen molar-refractivity contribution in [2.45, 2.75) is 12.8 Å². The van der Waals surface area contributed by atoms with E-state index in [0.717, 1.165) is 36.6 Å². The zero-order chi connectivity index (χ0) is 14.7. The maximum Gasteiger partial charge on any atom is 0.224 e. The first-order valence-corrected chi connectivity index (χ1v) is 7.17. The van der Waals surface area contributed by atoms with Crippen LogP contribution < -0.4 is 10.6 Å². The number of nitrogens with one attached hydrogen (secondary N) is 2. The lowest BCUT2D eigenvalue weighted by Gasteiger charge is -2.10. The number of anilines is 1. The van der Waals surface area contributed by atoms with E-state index >= 15 is 0 Å². The topological polar surface area (TPSA) is 71.8 Å². The summed E-state index contributed by atoms with van der Waals surface area (Å²) in [5.74, 6) is 1.30. The molecule has 1 fully saturated rings. The van der Waals surface area contributed by atoms with E-state index in [9.17, 15) is 4.79 Å². The van der Waals surface area contributed by atoms with Crippen molar-refractivity contribution < 1.29 is 4.79 Å². The van der Waals surface area contributed by atoms with Gasteiger partial charge in [-0.25, -0.2) is 0 Å². The van der Waals surface area contributed by atoms with Crippen LogP contribution in [-0.4, -0.2) is 33.8 Å². The zero-order valence-corrected chi connectivity index (χ0v) is 12.0. The van der Waals surface area contributed by atoms with E-state index in [1.54, 1.807) is 6.33 Å². The summed E-state index contributed by atoms with van der Waals surface area (Å²) in [6, 6.07) is 7.69. The number of carbonyl (C=O) groups is 1. The molecule has 6 nitrogen and oxygen atoms in total. The van der Waals surface area contributed by atoms with Crippen LogP contribution in [-0.2, 0) is 11.8 Å². The first-order valence-electron chi connectivity index (χ1n) is 7.17. The molecule has 21 heavy (non-hydrogen) atoms. The molecule has 110 valence electrons. The summed E-state index contributed by atoms with van der Waals surface area (Å²) >= 11 is 0. The van der Waals surface area contributed by atoms with Crippen LogP contribution in [0.25, 0.3) is 11.4 Å². The number of hydrogen-bond donors (Lipinski definition) is 2. The van der Waals surface area contributed by atoms with Crippen LogP contribution in [0.5, 0.6) is 0 Å². The largest absolute Gasteiger partial charge is 0.326 e. The van der Waals surface area contributed by atoms with Gasteiger partial charge in [0.1, 0.15) is 6.33 Å². The van der Waals surface area contributed by atoms with Crippen molar-refractivity contribution in [3.63, 3.8) is 0 Å². The predicted octanol–water partition coefficient (Wildman–Crippen LogP) is 1.42. The second kappa shape index (κ2) is 6.05. The van der Waals surface area contributed by atoms with Gasteiger partial charge in [0.15, 0.2) is 5.82 Å². The van der Waals surface area contributed by atoms with Gasteiger partial charge in [0.2, 0.25) is 5.91 Å². The normalized spacial score (nSPS) is 17.9. The molecule has 0 radical (unpaired) electrons. The van der Waals surface area contributed by atoms with E-state index in [2.05, 4.69) is 20.8 Å². The quantitative estimate of drug-likeness (QED) is 0.891. The SMILES string of the molecule is Cn1cnnc1-c1cccc(NC(=O)CC2CCNC2)c1. The fourth-order valence-electron chi connectivity index (χ4n) is 2.64. The Balaban J connectivity index is 1.68. The Hall–Kier alpha value is -2.21. The highest BCUT2D eigenvalue weighted by atomic mass is 16.1. The number of nitrogens with zero attached hydrogens (tertiary/aromatic N) is 3. The first kappa shape index (κ1) is 13.8. The molecule has 3 rings (SSSR count). The monoisotopic (exact) mass is 285 g/mol. The third-order valence-electron chi connectivity index (χ3n) is 3.75.